The van der Waals surface area contributed by atoms with Gasteiger partial charge in [0, 0.05) is 12.0 Å². The number of carbonyl (C=O) groups excluding carboxylic acids is 1. The minimum Gasteiger partial charge on any atom is -0.491 e. The van der Waals surface area contributed by atoms with Gasteiger partial charge in [0.2, 0.25) is 0 Å². The number of carbonyl (C=O) groups is 1. The van der Waals surface area contributed by atoms with Gasteiger partial charge in [-0.2, -0.15) is 0 Å². The number of benzene rings is 2. The maximum absolute atomic E-state index is 12.2. The van der Waals surface area contributed by atoms with Crippen LogP contribution in [0.4, 0.5) is 0 Å². The number of epoxide rings is 1. The van der Waals surface area contributed by atoms with Gasteiger partial charge in [0.25, 0.3) is 0 Å². The smallest absolute Gasteiger partial charge is 0.163 e. The predicted molar refractivity (Wildman–Crippen MR) is 80.8 cm³/mol. The lowest BCUT2D eigenvalue weighted by atomic mass is 10.0. The molecule has 1 heterocycles. The maximum Gasteiger partial charge on any atom is 0.163 e. The standard InChI is InChI=1S/C18H18O3/c19-18(10-9-14-5-2-1-3-6-14)15-7-4-8-16(11-15)20-12-17-13-21-17/h1-8,11,17H,9-10,12-13H2. The van der Waals surface area contributed by atoms with Gasteiger partial charge in [0.05, 0.1) is 6.61 Å². The zero-order chi connectivity index (χ0) is 14.5. The largest absolute Gasteiger partial charge is 0.491 e. The average Bonchev–Trinajstić information content (AvgIpc) is 3.36. The minimum atomic E-state index is 0.145. The molecular formula is C18H18O3. The summed E-state index contributed by atoms with van der Waals surface area (Å²) in [4.78, 5) is 12.2. The van der Waals surface area contributed by atoms with Crippen molar-refractivity contribution in [3.05, 3.63) is 65.7 Å². The van der Waals surface area contributed by atoms with Crippen LogP contribution in [0, 0.1) is 0 Å². The van der Waals surface area contributed by atoms with E-state index in [4.69, 9.17) is 9.47 Å². The second-order valence-corrected chi connectivity index (χ2v) is 5.20. The van der Waals surface area contributed by atoms with E-state index < -0.39 is 0 Å². The molecule has 21 heavy (non-hydrogen) atoms. The Balaban J connectivity index is 1.57. The van der Waals surface area contributed by atoms with E-state index >= 15 is 0 Å². The van der Waals surface area contributed by atoms with Crippen LogP contribution in [-0.4, -0.2) is 25.1 Å². The van der Waals surface area contributed by atoms with E-state index in [9.17, 15) is 4.79 Å². The van der Waals surface area contributed by atoms with Gasteiger partial charge in [-0.15, -0.1) is 0 Å². The summed E-state index contributed by atoms with van der Waals surface area (Å²) in [6.45, 7) is 1.33. The fourth-order valence-electron chi connectivity index (χ4n) is 2.16. The van der Waals surface area contributed by atoms with E-state index in [2.05, 4.69) is 0 Å². The van der Waals surface area contributed by atoms with Crippen molar-refractivity contribution in [1.29, 1.82) is 0 Å². The highest BCUT2D eigenvalue weighted by Gasteiger charge is 2.23. The van der Waals surface area contributed by atoms with E-state index in [-0.39, 0.29) is 11.9 Å². The van der Waals surface area contributed by atoms with Gasteiger partial charge in [-0.05, 0) is 24.1 Å². The molecule has 0 radical (unpaired) electrons. The summed E-state index contributed by atoms with van der Waals surface area (Å²) in [5.74, 6) is 0.878. The molecule has 1 fully saturated rings. The van der Waals surface area contributed by atoms with Crippen molar-refractivity contribution in [2.45, 2.75) is 18.9 Å². The number of ketones is 1. The highest BCUT2D eigenvalue weighted by Crippen LogP contribution is 2.18. The number of aryl methyl sites for hydroxylation is 1. The van der Waals surface area contributed by atoms with Gasteiger partial charge in [-0.1, -0.05) is 42.5 Å². The molecular weight excluding hydrogens is 264 g/mol. The van der Waals surface area contributed by atoms with E-state index in [1.54, 1.807) is 0 Å². The molecule has 3 rings (SSSR count). The molecule has 1 aliphatic heterocycles. The third-order valence-corrected chi connectivity index (χ3v) is 3.48. The van der Waals surface area contributed by atoms with Crippen LogP contribution in [0.15, 0.2) is 54.6 Å². The summed E-state index contributed by atoms with van der Waals surface area (Å²) in [5.41, 5.74) is 1.89. The van der Waals surface area contributed by atoms with Crippen molar-refractivity contribution in [3.63, 3.8) is 0 Å². The van der Waals surface area contributed by atoms with Gasteiger partial charge < -0.3 is 9.47 Å². The summed E-state index contributed by atoms with van der Waals surface area (Å²) in [5, 5.41) is 0. The quantitative estimate of drug-likeness (QED) is 0.578. The average molecular weight is 282 g/mol. The molecule has 2 aromatic rings. The zero-order valence-electron chi connectivity index (χ0n) is 11.8. The molecule has 0 N–H and O–H groups in total. The number of hydrogen-bond acceptors (Lipinski definition) is 3. The fraction of sp³-hybridized carbons (Fsp3) is 0.278. The van der Waals surface area contributed by atoms with Crippen LogP contribution in [0.1, 0.15) is 22.3 Å². The normalized spacial score (nSPS) is 16.5. The summed E-state index contributed by atoms with van der Waals surface area (Å²) in [7, 11) is 0. The Morgan fingerprint density at radius 1 is 1.14 bits per heavy atom. The maximum atomic E-state index is 12.2. The summed E-state index contributed by atoms with van der Waals surface area (Å²) in [6, 6.07) is 17.4. The molecule has 0 amide bonds. The third kappa shape index (κ3) is 4.17. The van der Waals surface area contributed by atoms with Crippen LogP contribution in [0.25, 0.3) is 0 Å². The van der Waals surface area contributed by atoms with Crippen LogP contribution in [0.3, 0.4) is 0 Å². The summed E-state index contributed by atoms with van der Waals surface area (Å²) < 4.78 is 10.7. The van der Waals surface area contributed by atoms with Crippen LogP contribution in [0.2, 0.25) is 0 Å². The summed E-state index contributed by atoms with van der Waals surface area (Å²) >= 11 is 0. The van der Waals surface area contributed by atoms with E-state index in [1.807, 2.05) is 54.6 Å². The third-order valence-electron chi connectivity index (χ3n) is 3.48. The van der Waals surface area contributed by atoms with Crippen molar-refractivity contribution in [3.8, 4) is 5.75 Å². The van der Waals surface area contributed by atoms with Crippen LogP contribution < -0.4 is 4.74 Å². The first-order valence-electron chi connectivity index (χ1n) is 7.23. The molecule has 1 saturated heterocycles. The van der Waals surface area contributed by atoms with E-state index in [0.29, 0.717) is 18.6 Å². The van der Waals surface area contributed by atoms with Gasteiger partial charge in [0.15, 0.2) is 5.78 Å². The van der Waals surface area contributed by atoms with Crippen molar-refractivity contribution >= 4 is 5.78 Å². The lowest BCUT2D eigenvalue weighted by Crippen LogP contribution is -2.05. The molecule has 1 atom stereocenters. The second kappa shape index (κ2) is 6.55. The monoisotopic (exact) mass is 282 g/mol. The second-order valence-electron chi connectivity index (χ2n) is 5.20. The van der Waals surface area contributed by atoms with Crippen molar-refractivity contribution in [2.24, 2.45) is 0 Å². The lowest BCUT2D eigenvalue weighted by Gasteiger charge is -2.06. The molecule has 0 aromatic heterocycles. The molecule has 0 spiro atoms. The first kappa shape index (κ1) is 13.8. The molecule has 0 aliphatic carbocycles. The SMILES string of the molecule is O=C(CCc1ccccc1)c1cccc(OCC2CO2)c1. The Labute approximate surface area is 124 Å². The Bertz CT molecular complexity index is 603. The van der Waals surface area contributed by atoms with Crippen molar-refractivity contribution in [2.75, 3.05) is 13.2 Å². The highest BCUT2D eigenvalue weighted by molar-refractivity contribution is 5.96. The Morgan fingerprint density at radius 2 is 1.95 bits per heavy atom. The highest BCUT2D eigenvalue weighted by atomic mass is 16.6. The van der Waals surface area contributed by atoms with Crippen molar-refractivity contribution < 1.29 is 14.3 Å². The Morgan fingerprint density at radius 3 is 2.71 bits per heavy atom. The Hall–Kier alpha value is -2.13. The number of Topliss-reactive ketones (excluding diaryl/α,β-unsaturated/α-hetero) is 1. The summed E-state index contributed by atoms with van der Waals surface area (Å²) in [6.07, 6.45) is 1.50. The zero-order valence-corrected chi connectivity index (χ0v) is 11.8. The van der Waals surface area contributed by atoms with E-state index in [1.165, 1.54) is 5.56 Å². The Kier molecular flexibility index (Phi) is 4.31. The number of rotatable bonds is 7. The minimum absolute atomic E-state index is 0.145. The molecule has 108 valence electrons. The fourth-order valence-corrected chi connectivity index (χ4v) is 2.16. The first-order chi connectivity index (χ1) is 10.3. The first-order valence-corrected chi connectivity index (χ1v) is 7.23. The van der Waals surface area contributed by atoms with Crippen LogP contribution >= 0.6 is 0 Å². The molecule has 1 aliphatic rings. The molecule has 1 unspecified atom stereocenters. The van der Waals surface area contributed by atoms with Crippen LogP contribution in [0.5, 0.6) is 5.75 Å². The molecule has 0 saturated carbocycles. The topological polar surface area (TPSA) is 38.8 Å². The van der Waals surface area contributed by atoms with Crippen LogP contribution in [-0.2, 0) is 11.2 Å². The van der Waals surface area contributed by atoms with Gasteiger partial charge in [-0.25, -0.2) is 0 Å². The van der Waals surface area contributed by atoms with Gasteiger partial charge >= 0.3 is 0 Å². The van der Waals surface area contributed by atoms with E-state index in [0.717, 1.165) is 18.8 Å². The van der Waals surface area contributed by atoms with Crippen molar-refractivity contribution in [1.82, 2.24) is 0 Å². The lowest BCUT2D eigenvalue weighted by molar-refractivity contribution is 0.0982. The molecule has 2 aromatic carbocycles. The number of ether oxygens (including phenoxy) is 2. The molecule has 3 nitrogen and oxygen atoms in total. The number of hydrogen-bond donors (Lipinski definition) is 0. The molecule has 3 heteroatoms. The van der Waals surface area contributed by atoms with Gasteiger partial charge in [0.1, 0.15) is 18.5 Å². The van der Waals surface area contributed by atoms with Gasteiger partial charge in [-0.3, -0.25) is 4.79 Å². The predicted octanol–water partition coefficient (Wildman–Crippen LogP) is 3.28. The molecule has 0 bridgehead atoms.